The van der Waals surface area contributed by atoms with Gasteiger partial charge in [0.1, 0.15) is 16.2 Å². The average Bonchev–Trinajstić information content (AvgIpc) is 3.02. The van der Waals surface area contributed by atoms with Gasteiger partial charge in [0.05, 0.1) is 5.75 Å². The van der Waals surface area contributed by atoms with Crippen LogP contribution in [0.5, 0.6) is 0 Å². The monoisotopic (exact) mass is 419 g/mol. The van der Waals surface area contributed by atoms with Crippen molar-refractivity contribution in [1.29, 1.82) is 0 Å². The molecule has 1 aliphatic rings. The van der Waals surface area contributed by atoms with E-state index in [1.54, 1.807) is 7.05 Å². The Bertz CT molecular complexity index is 1010. The van der Waals surface area contributed by atoms with Gasteiger partial charge >= 0.3 is 5.69 Å². The van der Waals surface area contributed by atoms with Gasteiger partial charge < -0.3 is 4.90 Å². The van der Waals surface area contributed by atoms with Gasteiger partial charge in [-0.25, -0.2) is 14.8 Å². The van der Waals surface area contributed by atoms with Crippen LogP contribution in [-0.4, -0.2) is 48.8 Å². The highest BCUT2D eigenvalue weighted by molar-refractivity contribution is 8.00. The summed E-state index contributed by atoms with van der Waals surface area (Å²) in [5, 5.41) is 0.795. The Labute approximate surface area is 174 Å². The van der Waals surface area contributed by atoms with Crippen molar-refractivity contribution >= 4 is 28.7 Å². The van der Waals surface area contributed by atoms with Crippen LogP contribution in [0.3, 0.4) is 0 Å². The zero-order chi connectivity index (χ0) is 21.0. The lowest BCUT2D eigenvalue weighted by atomic mass is 10.2. The zero-order valence-corrected chi connectivity index (χ0v) is 18.3. The minimum absolute atomic E-state index is 0.0698. The number of hydrogen-bond donors (Lipinski definition) is 0. The van der Waals surface area contributed by atoms with Crippen LogP contribution in [0.25, 0.3) is 11.0 Å². The van der Waals surface area contributed by atoms with Crippen molar-refractivity contribution in [1.82, 2.24) is 24.0 Å². The molecular formula is C20H29N5O3S. The molecule has 0 atom stereocenters. The van der Waals surface area contributed by atoms with Gasteiger partial charge in [-0.15, -0.1) is 0 Å². The summed E-state index contributed by atoms with van der Waals surface area (Å²) in [6, 6.07) is 0. The molecule has 0 saturated carbocycles. The molecule has 0 aromatic carbocycles. The van der Waals surface area contributed by atoms with Crippen LogP contribution in [0.1, 0.15) is 51.3 Å². The number of thioether (sulfide) groups is 1. The smallest absolute Gasteiger partial charge is 0.332 e. The summed E-state index contributed by atoms with van der Waals surface area (Å²) >= 11 is 1.27. The van der Waals surface area contributed by atoms with Crippen molar-refractivity contribution in [3.05, 3.63) is 26.7 Å². The molecule has 2 aromatic rings. The molecule has 1 saturated heterocycles. The van der Waals surface area contributed by atoms with E-state index in [1.807, 2.05) is 4.90 Å². The van der Waals surface area contributed by atoms with Gasteiger partial charge in [0, 0.05) is 33.6 Å². The molecule has 0 radical (unpaired) electrons. The second-order valence-corrected chi connectivity index (χ2v) is 8.50. The predicted molar refractivity (Wildman–Crippen MR) is 114 cm³/mol. The van der Waals surface area contributed by atoms with Crippen molar-refractivity contribution in [2.75, 3.05) is 18.8 Å². The Morgan fingerprint density at radius 2 is 1.72 bits per heavy atom. The molecule has 8 nitrogen and oxygen atoms in total. The lowest BCUT2D eigenvalue weighted by Gasteiger charge is -2.20. The standard InChI is InChI=1S/C20H29N5O3S/c1-4-5-10-14-21-17-16(19(27)24(3)20(28)23(17)2)18(22-14)29-13-15(26)25-11-8-6-7-9-12-25/h4-13H2,1-3H3. The first-order chi connectivity index (χ1) is 13.9. The third-order valence-electron chi connectivity index (χ3n) is 5.36. The number of likely N-dealkylation sites (tertiary alicyclic amines) is 1. The van der Waals surface area contributed by atoms with Gasteiger partial charge in [0.15, 0.2) is 5.65 Å². The SMILES string of the molecule is CCCCc1nc(SCC(=O)N2CCCCCC2)c2c(=O)n(C)c(=O)n(C)c2n1. The molecule has 1 amide bonds. The maximum atomic E-state index is 12.8. The molecule has 9 heteroatoms. The maximum absolute atomic E-state index is 12.8. The summed E-state index contributed by atoms with van der Waals surface area (Å²) in [6.45, 7) is 3.67. The Morgan fingerprint density at radius 1 is 1.03 bits per heavy atom. The number of carbonyl (C=O) groups excluding carboxylic acids is 1. The molecule has 1 aliphatic heterocycles. The summed E-state index contributed by atoms with van der Waals surface area (Å²) in [7, 11) is 3.06. The fourth-order valence-corrected chi connectivity index (χ4v) is 4.50. The van der Waals surface area contributed by atoms with E-state index in [9.17, 15) is 14.4 Å². The number of rotatable bonds is 6. The highest BCUT2D eigenvalue weighted by Gasteiger charge is 2.20. The lowest BCUT2D eigenvalue weighted by Crippen LogP contribution is -2.38. The summed E-state index contributed by atoms with van der Waals surface area (Å²) < 4.78 is 2.45. The number of hydrogen-bond acceptors (Lipinski definition) is 6. The summed E-state index contributed by atoms with van der Waals surface area (Å²) in [5.74, 6) is 0.901. The molecule has 0 N–H and O–H groups in total. The lowest BCUT2D eigenvalue weighted by molar-refractivity contribution is -0.128. The van der Waals surface area contributed by atoms with Crippen LogP contribution < -0.4 is 11.2 Å². The van der Waals surface area contributed by atoms with E-state index in [-0.39, 0.29) is 11.7 Å². The van der Waals surface area contributed by atoms with Crippen molar-refractivity contribution in [3.63, 3.8) is 0 Å². The molecule has 0 spiro atoms. The van der Waals surface area contributed by atoms with Gasteiger partial charge in [-0.2, -0.15) is 0 Å². The first kappa shape index (κ1) is 21.5. The number of amides is 1. The molecular weight excluding hydrogens is 390 g/mol. The minimum atomic E-state index is -0.421. The van der Waals surface area contributed by atoms with Crippen LogP contribution in [0, 0.1) is 0 Å². The minimum Gasteiger partial charge on any atom is -0.342 e. The van der Waals surface area contributed by atoms with E-state index in [4.69, 9.17) is 0 Å². The fourth-order valence-electron chi connectivity index (χ4n) is 3.56. The van der Waals surface area contributed by atoms with Gasteiger partial charge in [-0.3, -0.25) is 18.7 Å². The van der Waals surface area contributed by atoms with Gasteiger partial charge in [-0.05, 0) is 19.3 Å². The number of aromatic nitrogens is 4. The zero-order valence-electron chi connectivity index (χ0n) is 17.4. The van der Waals surface area contributed by atoms with Crippen molar-refractivity contribution in [3.8, 4) is 0 Å². The predicted octanol–water partition coefficient (Wildman–Crippen LogP) is 1.86. The Balaban J connectivity index is 1.97. The van der Waals surface area contributed by atoms with Crippen LogP contribution in [0.15, 0.2) is 14.6 Å². The number of nitrogens with zero attached hydrogens (tertiary/aromatic N) is 5. The van der Waals surface area contributed by atoms with Gasteiger partial charge in [0.2, 0.25) is 5.91 Å². The molecule has 1 fully saturated rings. The number of carbonyl (C=O) groups is 1. The normalized spacial score (nSPS) is 14.9. The van der Waals surface area contributed by atoms with Crippen LogP contribution in [-0.2, 0) is 25.3 Å². The van der Waals surface area contributed by atoms with E-state index >= 15 is 0 Å². The summed E-state index contributed by atoms with van der Waals surface area (Å²) in [6.07, 6.45) is 6.99. The second kappa shape index (κ2) is 9.56. The van der Waals surface area contributed by atoms with Crippen molar-refractivity contribution in [2.24, 2.45) is 14.1 Å². The highest BCUT2D eigenvalue weighted by Crippen LogP contribution is 2.23. The third kappa shape index (κ3) is 4.71. The number of fused-ring (bicyclic) bond motifs is 1. The Hall–Kier alpha value is -2.16. The number of unbranched alkanes of at least 4 members (excludes halogenated alkanes) is 1. The van der Waals surface area contributed by atoms with E-state index in [2.05, 4.69) is 16.9 Å². The molecule has 3 rings (SSSR count). The van der Waals surface area contributed by atoms with E-state index in [1.165, 1.54) is 36.2 Å². The Kier molecular flexibility index (Phi) is 7.10. The van der Waals surface area contributed by atoms with Gasteiger partial charge in [-0.1, -0.05) is 37.9 Å². The average molecular weight is 420 g/mol. The van der Waals surface area contributed by atoms with Gasteiger partial charge in [0.25, 0.3) is 5.56 Å². The molecule has 2 aromatic heterocycles. The molecule has 29 heavy (non-hydrogen) atoms. The molecule has 0 bridgehead atoms. The van der Waals surface area contributed by atoms with Crippen molar-refractivity contribution in [2.45, 2.75) is 56.9 Å². The summed E-state index contributed by atoms with van der Waals surface area (Å²) in [5.41, 5.74) is -0.502. The summed E-state index contributed by atoms with van der Waals surface area (Å²) in [4.78, 5) is 48.9. The molecule has 158 valence electrons. The third-order valence-corrected chi connectivity index (χ3v) is 6.32. The molecule has 3 heterocycles. The first-order valence-corrected chi connectivity index (χ1v) is 11.3. The highest BCUT2D eigenvalue weighted by atomic mass is 32.2. The van der Waals surface area contributed by atoms with Crippen LogP contribution in [0.4, 0.5) is 0 Å². The largest absolute Gasteiger partial charge is 0.342 e. The first-order valence-electron chi connectivity index (χ1n) is 10.3. The quantitative estimate of drug-likeness (QED) is 0.524. The van der Waals surface area contributed by atoms with E-state index in [0.717, 1.165) is 43.3 Å². The Morgan fingerprint density at radius 3 is 2.38 bits per heavy atom. The van der Waals surface area contributed by atoms with Crippen molar-refractivity contribution < 1.29 is 4.79 Å². The van der Waals surface area contributed by atoms with E-state index in [0.29, 0.717) is 28.3 Å². The number of aryl methyl sites for hydroxylation is 2. The topological polar surface area (TPSA) is 90.1 Å². The molecule has 0 aliphatic carbocycles. The van der Waals surface area contributed by atoms with Crippen LogP contribution >= 0.6 is 11.8 Å². The van der Waals surface area contributed by atoms with Crippen LogP contribution in [0.2, 0.25) is 0 Å². The molecule has 0 unspecified atom stereocenters. The van der Waals surface area contributed by atoms with E-state index < -0.39 is 11.2 Å². The second-order valence-electron chi connectivity index (χ2n) is 7.54. The fraction of sp³-hybridized carbons (Fsp3) is 0.650. The maximum Gasteiger partial charge on any atom is 0.332 e.